The second kappa shape index (κ2) is 8.65. The van der Waals surface area contributed by atoms with Crippen LogP contribution in [0.25, 0.3) is 5.69 Å². The van der Waals surface area contributed by atoms with Crippen molar-refractivity contribution >= 4 is 5.91 Å². The van der Waals surface area contributed by atoms with Crippen molar-refractivity contribution < 1.29 is 18.0 Å². The molecule has 2 saturated heterocycles. The van der Waals surface area contributed by atoms with Gasteiger partial charge in [-0.3, -0.25) is 4.79 Å². The lowest BCUT2D eigenvalue weighted by Crippen LogP contribution is -2.43. The van der Waals surface area contributed by atoms with Crippen LogP contribution in [0.4, 0.5) is 13.2 Å². The average Bonchev–Trinajstić information content (AvgIpc) is 3.46. The fourth-order valence-corrected chi connectivity index (χ4v) is 4.87. The molecule has 0 N–H and O–H groups in total. The van der Waals surface area contributed by atoms with E-state index in [-0.39, 0.29) is 18.4 Å². The van der Waals surface area contributed by atoms with Crippen molar-refractivity contribution in [1.29, 1.82) is 0 Å². The fraction of sp³-hybridized carbons (Fsp3) is 0.565. The summed E-state index contributed by atoms with van der Waals surface area (Å²) in [5.41, 5.74) is 1.83. The van der Waals surface area contributed by atoms with Gasteiger partial charge < -0.3 is 9.80 Å². The monoisotopic (exact) mass is 434 g/mol. The largest absolute Gasteiger partial charge is 0.416 e. The highest BCUT2D eigenvalue weighted by Gasteiger charge is 2.32. The minimum Gasteiger partial charge on any atom is -0.338 e. The van der Waals surface area contributed by atoms with Gasteiger partial charge in [0, 0.05) is 30.4 Å². The van der Waals surface area contributed by atoms with Crippen LogP contribution in [0, 0.1) is 13.8 Å². The number of aryl methyl sites for hydroxylation is 1. The van der Waals surface area contributed by atoms with E-state index in [9.17, 15) is 18.0 Å². The first-order valence-corrected chi connectivity index (χ1v) is 11.0. The van der Waals surface area contributed by atoms with Crippen LogP contribution in [0.15, 0.2) is 24.3 Å². The number of carbonyl (C=O) groups excluding carboxylic acids is 1. The maximum Gasteiger partial charge on any atom is 0.416 e. The summed E-state index contributed by atoms with van der Waals surface area (Å²) in [7, 11) is 0. The Hall–Kier alpha value is -2.35. The van der Waals surface area contributed by atoms with Gasteiger partial charge in [0.05, 0.1) is 23.4 Å². The molecule has 1 amide bonds. The van der Waals surface area contributed by atoms with E-state index in [1.165, 1.54) is 23.6 Å². The van der Waals surface area contributed by atoms with Gasteiger partial charge in [0.25, 0.3) is 0 Å². The van der Waals surface area contributed by atoms with E-state index in [0.29, 0.717) is 17.1 Å². The Bertz CT molecular complexity index is 947. The normalized spacial score (nSPS) is 20.0. The van der Waals surface area contributed by atoms with Crippen molar-refractivity contribution in [2.24, 2.45) is 0 Å². The second-order valence-corrected chi connectivity index (χ2v) is 8.68. The molecule has 31 heavy (non-hydrogen) atoms. The molecule has 2 aliphatic heterocycles. The number of likely N-dealkylation sites (tertiary alicyclic amines) is 2. The van der Waals surface area contributed by atoms with Crippen LogP contribution in [-0.4, -0.2) is 57.7 Å². The van der Waals surface area contributed by atoms with Crippen molar-refractivity contribution in [2.75, 3.05) is 26.2 Å². The smallest absolute Gasteiger partial charge is 0.338 e. The number of carbonyl (C=O) groups is 1. The van der Waals surface area contributed by atoms with E-state index in [1.54, 1.807) is 6.07 Å². The zero-order chi connectivity index (χ0) is 22.2. The van der Waals surface area contributed by atoms with Crippen LogP contribution in [-0.2, 0) is 17.4 Å². The Balaban J connectivity index is 1.52. The predicted octanol–water partition coefficient (Wildman–Crippen LogP) is 4.14. The van der Waals surface area contributed by atoms with Gasteiger partial charge in [-0.1, -0.05) is 6.07 Å². The molecule has 5 nitrogen and oxygen atoms in total. The predicted molar refractivity (Wildman–Crippen MR) is 112 cm³/mol. The standard InChI is InChI=1S/C23H29F3N4O/c1-16-21(14-22(31)29-12-6-9-20(29)15-28-10-3-4-11-28)17(2)30(27-16)19-8-5-7-18(13-19)23(24,25)26/h5,7-8,13,20H,3-4,6,9-12,14-15H2,1-2H3. The molecule has 2 aliphatic rings. The summed E-state index contributed by atoms with van der Waals surface area (Å²) in [5.74, 6) is 0.0801. The SMILES string of the molecule is Cc1nn(-c2cccc(C(F)(F)F)c2)c(C)c1CC(=O)N1CCCC1CN1CCCC1. The quantitative estimate of drug-likeness (QED) is 0.710. The zero-order valence-electron chi connectivity index (χ0n) is 18.1. The highest BCUT2D eigenvalue weighted by Crippen LogP contribution is 2.31. The van der Waals surface area contributed by atoms with Crippen molar-refractivity contribution in [3.8, 4) is 5.69 Å². The number of nitrogens with zero attached hydrogens (tertiary/aromatic N) is 4. The Labute approximate surface area is 180 Å². The van der Waals surface area contributed by atoms with Crippen LogP contribution in [0.2, 0.25) is 0 Å². The lowest BCUT2D eigenvalue weighted by atomic mass is 10.1. The number of amides is 1. The fourth-order valence-electron chi connectivity index (χ4n) is 4.87. The Morgan fingerprint density at radius 2 is 1.87 bits per heavy atom. The first kappa shape index (κ1) is 21.9. The molecule has 0 bridgehead atoms. The highest BCUT2D eigenvalue weighted by molar-refractivity contribution is 5.80. The minimum atomic E-state index is -4.41. The van der Waals surface area contributed by atoms with Gasteiger partial charge in [0.15, 0.2) is 0 Å². The molecule has 0 aliphatic carbocycles. The highest BCUT2D eigenvalue weighted by atomic mass is 19.4. The van der Waals surface area contributed by atoms with E-state index in [4.69, 9.17) is 0 Å². The van der Waals surface area contributed by atoms with Gasteiger partial charge in [-0.2, -0.15) is 18.3 Å². The molecule has 0 spiro atoms. The Morgan fingerprint density at radius 1 is 1.13 bits per heavy atom. The van der Waals surface area contributed by atoms with E-state index in [2.05, 4.69) is 10.00 Å². The third-order valence-electron chi connectivity index (χ3n) is 6.55. The number of benzene rings is 1. The third-order valence-corrected chi connectivity index (χ3v) is 6.55. The maximum absolute atomic E-state index is 13.2. The van der Waals surface area contributed by atoms with Gasteiger partial charge in [0.2, 0.25) is 5.91 Å². The van der Waals surface area contributed by atoms with E-state index in [0.717, 1.165) is 56.7 Å². The summed E-state index contributed by atoms with van der Waals surface area (Å²) in [4.78, 5) is 17.6. The van der Waals surface area contributed by atoms with Crippen molar-refractivity contribution in [2.45, 2.75) is 58.2 Å². The molecular formula is C23H29F3N4O. The molecule has 168 valence electrons. The van der Waals surface area contributed by atoms with Crippen molar-refractivity contribution in [1.82, 2.24) is 19.6 Å². The summed E-state index contributed by atoms with van der Waals surface area (Å²) in [5, 5.41) is 4.46. The van der Waals surface area contributed by atoms with Crippen LogP contribution < -0.4 is 0 Å². The number of alkyl halides is 3. The number of rotatable bonds is 5. The van der Waals surface area contributed by atoms with E-state index >= 15 is 0 Å². The summed E-state index contributed by atoms with van der Waals surface area (Å²) < 4.78 is 40.8. The number of hydrogen-bond acceptors (Lipinski definition) is 3. The van der Waals surface area contributed by atoms with E-state index in [1.807, 2.05) is 18.7 Å². The van der Waals surface area contributed by atoms with E-state index < -0.39 is 11.7 Å². The lowest BCUT2D eigenvalue weighted by molar-refractivity contribution is -0.137. The van der Waals surface area contributed by atoms with Gasteiger partial charge >= 0.3 is 6.18 Å². The number of halogens is 3. The number of aromatic nitrogens is 2. The van der Waals surface area contributed by atoms with Crippen LogP contribution in [0.5, 0.6) is 0 Å². The summed E-state index contributed by atoms with van der Waals surface area (Å²) in [6.07, 6.45) is 0.328. The summed E-state index contributed by atoms with van der Waals surface area (Å²) in [6.45, 7) is 7.56. The summed E-state index contributed by atoms with van der Waals surface area (Å²) in [6, 6.07) is 5.38. The third kappa shape index (κ3) is 4.63. The molecule has 8 heteroatoms. The molecule has 1 unspecified atom stereocenters. The second-order valence-electron chi connectivity index (χ2n) is 8.68. The average molecular weight is 435 g/mol. The van der Waals surface area contributed by atoms with Gasteiger partial charge in [0.1, 0.15) is 0 Å². The molecule has 0 radical (unpaired) electrons. The Kier molecular flexibility index (Phi) is 6.10. The van der Waals surface area contributed by atoms with Crippen LogP contribution >= 0.6 is 0 Å². The maximum atomic E-state index is 13.2. The molecule has 0 saturated carbocycles. The van der Waals surface area contributed by atoms with Gasteiger partial charge in [-0.25, -0.2) is 4.68 Å². The molecule has 2 aromatic rings. The molecule has 1 aromatic carbocycles. The minimum absolute atomic E-state index is 0.0801. The molecule has 1 aromatic heterocycles. The lowest BCUT2D eigenvalue weighted by Gasteiger charge is -2.28. The van der Waals surface area contributed by atoms with Crippen molar-refractivity contribution in [3.63, 3.8) is 0 Å². The zero-order valence-corrected chi connectivity index (χ0v) is 18.1. The number of hydrogen-bond donors (Lipinski definition) is 0. The van der Waals surface area contributed by atoms with Crippen molar-refractivity contribution in [3.05, 3.63) is 46.8 Å². The first-order valence-electron chi connectivity index (χ1n) is 11.0. The molecule has 2 fully saturated rings. The van der Waals surface area contributed by atoms with Crippen LogP contribution in [0.1, 0.15) is 48.2 Å². The molecular weight excluding hydrogens is 405 g/mol. The van der Waals surface area contributed by atoms with Gasteiger partial charge in [-0.15, -0.1) is 0 Å². The molecule has 4 rings (SSSR count). The van der Waals surface area contributed by atoms with Crippen LogP contribution in [0.3, 0.4) is 0 Å². The summed E-state index contributed by atoms with van der Waals surface area (Å²) >= 11 is 0. The Morgan fingerprint density at radius 3 is 2.58 bits per heavy atom. The first-order chi connectivity index (χ1) is 14.7. The topological polar surface area (TPSA) is 41.4 Å². The van der Waals surface area contributed by atoms with Gasteiger partial charge in [-0.05, 0) is 70.8 Å². The molecule has 3 heterocycles. The molecule has 1 atom stereocenters.